The zero-order valence-electron chi connectivity index (χ0n) is 9.70. The molecule has 0 radical (unpaired) electrons. The van der Waals surface area contributed by atoms with Crippen LogP contribution in [0.1, 0.15) is 10.5 Å². The Morgan fingerprint density at radius 2 is 2.05 bits per heavy atom. The number of hydrogen-bond donors (Lipinski definition) is 2. The minimum atomic E-state index is -1.02. The van der Waals surface area contributed by atoms with Gasteiger partial charge in [0.2, 0.25) is 0 Å². The zero-order chi connectivity index (χ0) is 13.2. The third kappa shape index (κ3) is 2.13. The molecular formula is C13H9N3O2S. The number of carbonyl (C=O) groups is 1. The number of aromatic nitrogens is 3. The second kappa shape index (κ2) is 4.66. The Kier molecular flexibility index (Phi) is 2.85. The summed E-state index contributed by atoms with van der Waals surface area (Å²) < 4.78 is 0. The topological polar surface area (TPSA) is 78.9 Å². The van der Waals surface area contributed by atoms with Gasteiger partial charge in [0, 0.05) is 10.9 Å². The van der Waals surface area contributed by atoms with Crippen molar-refractivity contribution < 1.29 is 9.90 Å². The first-order valence-corrected chi connectivity index (χ1v) is 6.41. The molecule has 94 valence electrons. The molecule has 0 saturated heterocycles. The molecule has 0 aliphatic rings. The van der Waals surface area contributed by atoms with E-state index >= 15 is 0 Å². The molecule has 0 unspecified atom stereocenters. The van der Waals surface area contributed by atoms with E-state index in [0.717, 1.165) is 16.8 Å². The predicted octanol–water partition coefficient (Wildman–Crippen LogP) is 2.90. The SMILES string of the molecule is O=C(O)c1csc(-c2cn[nH]c2-c2ccccc2)n1. The Morgan fingerprint density at radius 3 is 2.74 bits per heavy atom. The summed E-state index contributed by atoms with van der Waals surface area (Å²) in [5.41, 5.74) is 2.69. The third-order valence-corrected chi connectivity index (χ3v) is 3.53. The summed E-state index contributed by atoms with van der Waals surface area (Å²) in [6.45, 7) is 0. The monoisotopic (exact) mass is 271 g/mol. The van der Waals surface area contributed by atoms with Gasteiger partial charge in [-0.05, 0) is 0 Å². The van der Waals surface area contributed by atoms with Gasteiger partial charge in [0.1, 0.15) is 5.01 Å². The Labute approximate surface area is 112 Å². The molecule has 0 fully saturated rings. The number of carboxylic acids is 1. The van der Waals surface area contributed by atoms with Gasteiger partial charge < -0.3 is 5.11 Å². The van der Waals surface area contributed by atoms with Gasteiger partial charge in [-0.15, -0.1) is 11.3 Å². The first kappa shape index (κ1) is 11.6. The predicted molar refractivity (Wildman–Crippen MR) is 72.1 cm³/mol. The fraction of sp³-hybridized carbons (Fsp3) is 0. The largest absolute Gasteiger partial charge is 0.476 e. The van der Waals surface area contributed by atoms with Crippen molar-refractivity contribution in [3.05, 3.63) is 47.6 Å². The fourth-order valence-corrected chi connectivity index (χ4v) is 2.58. The van der Waals surface area contributed by atoms with Crippen molar-refractivity contribution in [3.8, 4) is 21.8 Å². The first-order chi connectivity index (χ1) is 9.25. The average Bonchev–Trinajstić information content (AvgIpc) is 3.08. The summed E-state index contributed by atoms with van der Waals surface area (Å²) in [5.74, 6) is -1.02. The summed E-state index contributed by atoms with van der Waals surface area (Å²) in [4.78, 5) is 15.0. The number of nitrogens with one attached hydrogen (secondary N) is 1. The second-order valence-electron chi connectivity index (χ2n) is 3.87. The lowest BCUT2D eigenvalue weighted by atomic mass is 10.1. The lowest BCUT2D eigenvalue weighted by molar-refractivity contribution is 0.0691. The molecule has 0 saturated carbocycles. The molecule has 6 heteroatoms. The summed E-state index contributed by atoms with van der Waals surface area (Å²) in [6, 6.07) is 9.73. The Bertz CT molecular complexity index is 718. The number of nitrogens with zero attached hydrogens (tertiary/aromatic N) is 2. The minimum absolute atomic E-state index is 0.0558. The van der Waals surface area contributed by atoms with Gasteiger partial charge in [-0.3, -0.25) is 5.10 Å². The normalized spacial score (nSPS) is 10.5. The summed E-state index contributed by atoms with van der Waals surface area (Å²) in [5, 5.41) is 18.0. The Morgan fingerprint density at radius 1 is 1.26 bits per heavy atom. The number of carboxylic acid groups (broad SMARTS) is 1. The molecule has 0 aliphatic carbocycles. The highest BCUT2D eigenvalue weighted by Crippen LogP contribution is 2.31. The molecule has 0 spiro atoms. The number of benzene rings is 1. The molecule has 0 bridgehead atoms. The molecule has 3 aromatic rings. The highest BCUT2D eigenvalue weighted by Gasteiger charge is 2.15. The van der Waals surface area contributed by atoms with E-state index in [-0.39, 0.29) is 5.69 Å². The lowest BCUT2D eigenvalue weighted by Gasteiger charge is -1.99. The summed E-state index contributed by atoms with van der Waals surface area (Å²) in [7, 11) is 0. The van der Waals surface area contributed by atoms with E-state index in [0.29, 0.717) is 5.01 Å². The summed E-state index contributed by atoms with van der Waals surface area (Å²) >= 11 is 1.29. The van der Waals surface area contributed by atoms with Crippen molar-refractivity contribution in [1.82, 2.24) is 15.2 Å². The number of H-pyrrole nitrogens is 1. The van der Waals surface area contributed by atoms with Crippen molar-refractivity contribution in [3.63, 3.8) is 0 Å². The number of rotatable bonds is 3. The minimum Gasteiger partial charge on any atom is -0.476 e. The highest BCUT2D eigenvalue weighted by atomic mass is 32.1. The van der Waals surface area contributed by atoms with Crippen LogP contribution in [0.3, 0.4) is 0 Å². The van der Waals surface area contributed by atoms with Crippen molar-refractivity contribution in [1.29, 1.82) is 0 Å². The van der Waals surface area contributed by atoms with E-state index in [4.69, 9.17) is 5.11 Å². The number of thiazole rings is 1. The first-order valence-electron chi connectivity index (χ1n) is 5.53. The van der Waals surface area contributed by atoms with E-state index in [9.17, 15) is 4.79 Å². The van der Waals surface area contributed by atoms with Crippen LogP contribution in [0.15, 0.2) is 41.9 Å². The molecule has 2 aromatic heterocycles. The van der Waals surface area contributed by atoms with E-state index < -0.39 is 5.97 Å². The van der Waals surface area contributed by atoms with Crippen LogP contribution in [-0.2, 0) is 0 Å². The average molecular weight is 271 g/mol. The van der Waals surface area contributed by atoms with Gasteiger partial charge in [0.05, 0.1) is 17.5 Å². The smallest absolute Gasteiger partial charge is 0.355 e. The molecule has 5 nitrogen and oxygen atoms in total. The molecule has 19 heavy (non-hydrogen) atoms. The molecule has 0 atom stereocenters. The fourth-order valence-electron chi connectivity index (χ4n) is 1.77. The van der Waals surface area contributed by atoms with Crippen molar-refractivity contribution in [2.24, 2.45) is 0 Å². The summed E-state index contributed by atoms with van der Waals surface area (Å²) in [6.07, 6.45) is 1.66. The molecule has 2 N–H and O–H groups in total. The van der Waals surface area contributed by atoms with Crippen molar-refractivity contribution in [2.45, 2.75) is 0 Å². The quantitative estimate of drug-likeness (QED) is 0.767. The van der Waals surface area contributed by atoms with Crippen LogP contribution in [0.25, 0.3) is 21.8 Å². The maximum atomic E-state index is 10.9. The molecule has 0 amide bonds. The highest BCUT2D eigenvalue weighted by molar-refractivity contribution is 7.13. The number of aromatic carboxylic acids is 1. The van der Waals surface area contributed by atoms with Crippen LogP contribution in [0.5, 0.6) is 0 Å². The molecule has 1 aromatic carbocycles. The van der Waals surface area contributed by atoms with Crippen LogP contribution in [-0.4, -0.2) is 26.3 Å². The van der Waals surface area contributed by atoms with Gasteiger partial charge in [0.25, 0.3) is 0 Å². The van der Waals surface area contributed by atoms with Gasteiger partial charge in [0.15, 0.2) is 5.69 Å². The van der Waals surface area contributed by atoms with Crippen LogP contribution in [0.2, 0.25) is 0 Å². The molecule has 2 heterocycles. The van der Waals surface area contributed by atoms with Gasteiger partial charge >= 0.3 is 5.97 Å². The standard InChI is InChI=1S/C13H9N3O2S/c17-13(18)10-7-19-12(15-10)9-6-14-16-11(9)8-4-2-1-3-5-8/h1-7H,(H,14,16)(H,17,18). The zero-order valence-corrected chi connectivity index (χ0v) is 10.5. The number of aromatic amines is 1. The van der Waals surface area contributed by atoms with Crippen molar-refractivity contribution >= 4 is 17.3 Å². The van der Waals surface area contributed by atoms with Gasteiger partial charge in [-0.25, -0.2) is 9.78 Å². The molecule has 3 rings (SSSR count). The van der Waals surface area contributed by atoms with E-state index in [1.54, 1.807) is 6.20 Å². The third-order valence-electron chi connectivity index (χ3n) is 2.66. The van der Waals surface area contributed by atoms with Crippen LogP contribution in [0.4, 0.5) is 0 Å². The van der Waals surface area contributed by atoms with Crippen LogP contribution >= 0.6 is 11.3 Å². The van der Waals surface area contributed by atoms with Crippen LogP contribution < -0.4 is 0 Å². The second-order valence-corrected chi connectivity index (χ2v) is 4.73. The molecule has 0 aliphatic heterocycles. The number of hydrogen-bond acceptors (Lipinski definition) is 4. The van der Waals surface area contributed by atoms with E-state index in [1.807, 2.05) is 30.3 Å². The van der Waals surface area contributed by atoms with Gasteiger partial charge in [-0.1, -0.05) is 30.3 Å². The van der Waals surface area contributed by atoms with Gasteiger partial charge in [-0.2, -0.15) is 5.10 Å². The maximum Gasteiger partial charge on any atom is 0.355 e. The van der Waals surface area contributed by atoms with Crippen LogP contribution in [0, 0.1) is 0 Å². The molecular weight excluding hydrogens is 262 g/mol. The Hall–Kier alpha value is -2.47. The van der Waals surface area contributed by atoms with E-state index in [2.05, 4.69) is 15.2 Å². The van der Waals surface area contributed by atoms with E-state index in [1.165, 1.54) is 16.7 Å². The Balaban J connectivity index is 2.07. The lowest BCUT2D eigenvalue weighted by Crippen LogP contribution is -1.95. The van der Waals surface area contributed by atoms with Crippen molar-refractivity contribution in [2.75, 3.05) is 0 Å². The maximum absolute atomic E-state index is 10.9.